The number of nitrogens with zero attached hydrogens (tertiary/aromatic N) is 4. The molecule has 10 heteroatoms. The number of carbonyl (C=O) groups excluding carboxylic acids is 1. The summed E-state index contributed by atoms with van der Waals surface area (Å²) in [5.74, 6) is 0.276. The van der Waals surface area contributed by atoms with E-state index in [0.29, 0.717) is 43.2 Å². The molecule has 6 nitrogen and oxygen atoms in total. The van der Waals surface area contributed by atoms with Gasteiger partial charge in [0, 0.05) is 38.1 Å². The van der Waals surface area contributed by atoms with E-state index < -0.39 is 11.7 Å². The zero-order valence-electron chi connectivity index (χ0n) is 15.9. The molecule has 0 bridgehead atoms. The summed E-state index contributed by atoms with van der Waals surface area (Å²) in [6.45, 7) is 2.62. The second-order valence-corrected chi connectivity index (χ2v) is 7.28. The molecule has 1 aromatic heterocycles. The average Bonchev–Trinajstić information content (AvgIpc) is 2.93. The number of alkyl halides is 3. The lowest BCUT2D eigenvalue weighted by atomic mass is 10.2. The summed E-state index contributed by atoms with van der Waals surface area (Å²) in [6.07, 6.45) is -2.82. The Hall–Kier alpha value is -2.83. The van der Waals surface area contributed by atoms with Crippen molar-refractivity contribution in [1.82, 2.24) is 9.88 Å². The van der Waals surface area contributed by atoms with Crippen LogP contribution in [0.2, 0.25) is 5.02 Å². The van der Waals surface area contributed by atoms with Gasteiger partial charge in [0.1, 0.15) is 11.9 Å². The van der Waals surface area contributed by atoms with Crippen molar-refractivity contribution in [3.8, 4) is 6.07 Å². The van der Waals surface area contributed by atoms with Crippen LogP contribution in [0.5, 0.6) is 0 Å². The molecule has 30 heavy (non-hydrogen) atoms. The van der Waals surface area contributed by atoms with Crippen LogP contribution >= 0.6 is 11.6 Å². The lowest BCUT2D eigenvalue weighted by molar-refractivity contribution is -0.137. The molecular weight excluding hydrogens is 419 g/mol. The number of aromatic nitrogens is 1. The number of amides is 1. The molecule has 1 aromatic carbocycles. The zero-order valence-corrected chi connectivity index (χ0v) is 16.7. The minimum atomic E-state index is -4.41. The molecule has 3 rings (SSSR count). The maximum atomic E-state index is 12.7. The third-order valence-corrected chi connectivity index (χ3v) is 5.04. The fraction of sp³-hybridized carbons (Fsp3) is 0.350. The predicted molar refractivity (Wildman–Crippen MR) is 107 cm³/mol. The summed E-state index contributed by atoms with van der Waals surface area (Å²) < 4.78 is 38.1. The van der Waals surface area contributed by atoms with Crippen molar-refractivity contribution in [2.45, 2.75) is 12.6 Å². The highest BCUT2D eigenvalue weighted by atomic mass is 35.5. The van der Waals surface area contributed by atoms with Gasteiger partial charge in [0.15, 0.2) is 0 Å². The zero-order chi connectivity index (χ0) is 21.7. The molecule has 1 N–H and O–H groups in total. The van der Waals surface area contributed by atoms with Crippen molar-refractivity contribution >= 4 is 29.0 Å². The minimum absolute atomic E-state index is 0.173. The summed E-state index contributed by atoms with van der Waals surface area (Å²) in [5.41, 5.74) is 0.0656. The molecular formula is C20H19ClF3N5O. The van der Waals surface area contributed by atoms with E-state index in [1.165, 1.54) is 12.1 Å². The molecule has 1 aliphatic rings. The van der Waals surface area contributed by atoms with Gasteiger partial charge in [-0.3, -0.25) is 9.69 Å². The SMILES string of the molecule is N#Cc1ccc(NC(=O)CN2CCCN(c3ccc(C(F)(F)F)cn3)CC2)cc1Cl. The molecule has 0 spiro atoms. The van der Waals surface area contributed by atoms with Crippen molar-refractivity contribution in [1.29, 1.82) is 5.26 Å². The van der Waals surface area contributed by atoms with Crippen LogP contribution in [0.3, 0.4) is 0 Å². The average molecular weight is 438 g/mol. The molecule has 0 unspecified atom stereocenters. The first kappa shape index (κ1) is 21.9. The predicted octanol–water partition coefficient (Wildman–Crippen LogP) is 3.78. The first-order valence-electron chi connectivity index (χ1n) is 9.26. The molecule has 2 aromatic rings. The van der Waals surface area contributed by atoms with E-state index in [1.54, 1.807) is 12.1 Å². The van der Waals surface area contributed by atoms with Crippen LogP contribution in [0.25, 0.3) is 0 Å². The molecule has 1 amide bonds. The van der Waals surface area contributed by atoms with E-state index >= 15 is 0 Å². The topological polar surface area (TPSA) is 72.3 Å². The van der Waals surface area contributed by atoms with Gasteiger partial charge in [0.25, 0.3) is 0 Å². The normalized spacial score (nSPS) is 15.4. The Balaban J connectivity index is 1.54. The number of hydrogen-bond donors (Lipinski definition) is 1. The van der Waals surface area contributed by atoms with E-state index in [-0.39, 0.29) is 17.5 Å². The number of hydrogen-bond acceptors (Lipinski definition) is 5. The van der Waals surface area contributed by atoms with Crippen LogP contribution in [0.1, 0.15) is 17.5 Å². The van der Waals surface area contributed by atoms with E-state index in [0.717, 1.165) is 18.7 Å². The van der Waals surface area contributed by atoms with E-state index in [1.807, 2.05) is 15.9 Å². The largest absolute Gasteiger partial charge is 0.417 e. The number of benzene rings is 1. The van der Waals surface area contributed by atoms with E-state index in [2.05, 4.69) is 10.3 Å². The smallest absolute Gasteiger partial charge is 0.355 e. The van der Waals surface area contributed by atoms with Gasteiger partial charge in [0.2, 0.25) is 5.91 Å². The Labute approximate surface area is 176 Å². The number of nitriles is 1. The quantitative estimate of drug-likeness (QED) is 0.788. The highest BCUT2D eigenvalue weighted by molar-refractivity contribution is 6.32. The van der Waals surface area contributed by atoms with Crippen LogP contribution in [-0.4, -0.2) is 48.5 Å². The second-order valence-electron chi connectivity index (χ2n) is 6.87. The Morgan fingerprint density at radius 3 is 2.63 bits per heavy atom. The van der Waals surface area contributed by atoms with E-state index in [9.17, 15) is 18.0 Å². The Morgan fingerprint density at radius 1 is 1.20 bits per heavy atom. The number of anilines is 2. The Kier molecular flexibility index (Phi) is 6.80. The number of nitrogens with one attached hydrogen (secondary N) is 1. The Bertz CT molecular complexity index is 943. The van der Waals surface area contributed by atoms with Crippen molar-refractivity contribution in [3.05, 3.63) is 52.7 Å². The van der Waals surface area contributed by atoms with Crippen molar-refractivity contribution < 1.29 is 18.0 Å². The third kappa shape index (κ3) is 5.62. The highest BCUT2D eigenvalue weighted by Crippen LogP contribution is 2.29. The van der Waals surface area contributed by atoms with Gasteiger partial charge in [-0.05, 0) is 36.8 Å². The molecule has 0 radical (unpaired) electrons. The van der Waals surface area contributed by atoms with Crippen molar-refractivity contribution in [2.24, 2.45) is 0 Å². The molecule has 1 aliphatic heterocycles. The summed E-state index contributed by atoms with van der Waals surface area (Å²) in [4.78, 5) is 20.2. The maximum Gasteiger partial charge on any atom is 0.417 e. The fourth-order valence-corrected chi connectivity index (χ4v) is 3.41. The molecule has 158 valence electrons. The fourth-order valence-electron chi connectivity index (χ4n) is 3.19. The summed E-state index contributed by atoms with van der Waals surface area (Å²) in [6, 6.07) is 9.04. The van der Waals surface area contributed by atoms with Crippen LogP contribution in [0.15, 0.2) is 36.5 Å². The first-order chi connectivity index (χ1) is 14.3. The maximum absolute atomic E-state index is 12.7. The Morgan fingerprint density at radius 2 is 2.00 bits per heavy atom. The van der Waals surface area contributed by atoms with Gasteiger partial charge in [-0.25, -0.2) is 4.98 Å². The monoisotopic (exact) mass is 437 g/mol. The molecule has 1 fully saturated rings. The molecule has 0 aliphatic carbocycles. The van der Waals surface area contributed by atoms with Crippen LogP contribution < -0.4 is 10.2 Å². The van der Waals surface area contributed by atoms with Gasteiger partial charge in [-0.1, -0.05) is 11.6 Å². The number of carbonyl (C=O) groups is 1. The van der Waals surface area contributed by atoms with Crippen LogP contribution in [0, 0.1) is 11.3 Å². The standard InChI is InChI=1S/C20H19ClF3N5O/c21-17-10-16(4-2-14(17)11-25)27-19(30)13-28-6-1-7-29(9-8-28)18-5-3-15(12-26-18)20(22,23)24/h2-5,10,12H,1,6-9,13H2,(H,27,30). The van der Waals surface area contributed by atoms with E-state index in [4.69, 9.17) is 16.9 Å². The van der Waals surface area contributed by atoms with Crippen molar-refractivity contribution in [2.75, 3.05) is 42.9 Å². The van der Waals surface area contributed by atoms with Crippen LogP contribution in [0.4, 0.5) is 24.7 Å². The number of halogens is 4. The number of pyridine rings is 1. The second kappa shape index (κ2) is 9.32. The van der Waals surface area contributed by atoms with Gasteiger partial charge >= 0.3 is 6.18 Å². The van der Waals surface area contributed by atoms with Crippen molar-refractivity contribution in [3.63, 3.8) is 0 Å². The van der Waals surface area contributed by atoms with Gasteiger partial charge in [0.05, 0.1) is 22.7 Å². The molecule has 0 atom stereocenters. The lowest BCUT2D eigenvalue weighted by Gasteiger charge is -2.22. The summed E-state index contributed by atoms with van der Waals surface area (Å²) in [7, 11) is 0. The van der Waals surface area contributed by atoms with Gasteiger partial charge in [-0.15, -0.1) is 0 Å². The van der Waals surface area contributed by atoms with Crippen LogP contribution in [-0.2, 0) is 11.0 Å². The number of rotatable bonds is 4. The molecule has 1 saturated heterocycles. The molecule has 2 heterocycles. The van der Waals surface area contributed by atoms with Gasteiger partial charge < -0.3 is 10.2 Å². The summed E-state index contributed by atoms with van der Waals surface area (Å²) in [5, 5.41) is 11.9. The summed E-state index contributed by atoms with van der Waals surface area (Å²) >= 11 is 5.98. The van der Waals surface area contributed by atoms with Gasteiger partial charge in [-0.2, -0.15) is 18.4 Å². The minimum Gasteiger partial charge on any atom is -0.355 e. The highest BCUT2D eigenvalue weighted by Gasteiger charge is 2.31. The molecule has 0 saturated carbocycles. The third-order valence-electron chi connectivity index (χ3n) is 4.73. The first-order valence-corrected chi connectivity index (χ1v) is 9.64. The lowest BCUT2D eigenvalue weighted by Crippen LogP contribution is -2.36.